The summed E-state index contributed by atoms with van der Waals surface area (Å²) in [6.07, 6.45) is 2.55. The molecule has 0 bridgehead atoms. The second-order valence-corrected chi connectivity index (χ2v) is 7.81. The van der Waals surface area contributed by atoms with Crippen molar-refractivity contribution in [3.05, 3.63) is 30.1 Å². The fourth-order valence-electron chi connectivity index (χ4n) is 3.77. The molecular formula is C20H30N4O3. The number of hydrogen-bond donors (Lipinski definition) is 1. The van der Waals surface area contributed by atoms with Gasteiger partial charge in [0.05, 0.1) is 30.8 Å². The average molecular weight is 374 g/mol. The van der Waals surface area contributed by atoms with Gasteiger partial charge in [-0.25, -0.2) is 0 Å². The third-order valence-corrected chi connectivity index (χ3v) is 5.72. The van der Waals surface area contributed by atoms with Crippen molar-refractivity contribution in [3.63, 3.8) is 0 Å². The molecular weight excluding hydrogens is 344 g/mol. The molecule has 1 aromatic rings. The Balaban J connectivity index is 1.63. The summed E-state index contributed by atoms with van der Waals surface area (Å²) in [5.74, 6) is -0.0116. The quantitative estimate of drug-likeness (QED) is 0.801. The molecule has 7 nitrogen and oxygen atoms in total. The number of likely N-dealkylation sites (N-methyl/N-ethyl adjacent to an activating group) is 1. The largest absolute Gasteiger partial charge is 0.376 e. The Morgan fingerprint density at radius 3 is 2.89 bits per heavy atom. The van der Waals surface area contributed by atoms with Crippen molar-refractivity contribution in [2.45, 2.75) is 39.0 Å². The predicted molar refractivity (Wildman–Crippen MR) is 102 cm³/mol. The zero-order chi connectivity index (χ0) is 19.4. The molecule has 2 amide bonds. The first-order chi connectivity index (χ1) is 13.0. The lowest BCUT2D eigenvalue weighted by Gasteiger charge is -2.40. The fraction of sp³-hybridized carbons (Fsp3) is 0.650. The lowest BCUT2D eigenvalue weighted by atomic mass is 9.82. The highest BCUT2D eigenvalue weighted by Crippen LogP contribution is 2.34. The number of carbonyl (C=O) groups is 2. The van der Waals surface area contributed by atoms with Crippen LogP contribution in [-0.4, -0.2) is 72.0 Å². The van der Waals surface area contributed by atoms with Crippen molar-refractivity contribution in [1.29, 1.82) is 0 Å². The van der Waals surface area contributed by atoms with Gasteiger partial charge in [0.15, 0.2) is 0 Å². The van der Waals surface area contributed by atoms with Crippen LogP contribution in [0.25, 0.3) is 0 Å². The molecule has 0 aromatic carbocycles. The van der Waals surface area contributed by atoms with Gasteiger partial charge in [0.25, 0.3) is 0 Å². The van der Waals surface area contributed by atoms with Gasteiger partial charge in [-0.1, -0.05) is 6.07 Å². The maximum atomic E-state index is 12.9. The third-order valence-electron chi connectivity index (χ3n) is 5.72. The average Bonchev–Trinajstić information content (AvgIpc) is 3.14. The first-order valence-electron chi connectivity index (χ1n) is 9.73. The monoisotopic (exact) mass is 374 g/mol. The number of likely N-dealkylation sites (tertiary alicyclic amines) is 1. The van der Waals surface area contributed by atoms with E-state index in [9.17, 15) is 9.59 Å². The van der Waals surface area contributed by atoms with Crippen LogP contribution in [0.1, 0.15) is 26.0 Å². The summed E-state index contributed by atoms with van der Waals surface area (Å²) < 4.78 is 5.83. The van der Waals surface area contributed by atoms with E-state index in [0.717, 1.165) is 12.1 Å². The Kier molecular flexibility index (Phi) is 6.44. The number of ether oxygens (including phenoxy) is 1. The van der Waals surface area contributed by atoms with E-state index >= 15 is 0 Å². The minimum absolute atomic E-state index is 0.0177. The molecule has 27 heavy (non-hydrogen) atoms. The number of amides is 2. The molecule has 2 fully saturated rings. The van der Waals surface area contributed by atoms with E-state index in [1.807, 2.05) is 30.1 Å². The van der Waals surface area contributed by atoms with Gasteiger partial charge in [0, 0.05) is 37.9 Å². The highest BCUT2D eigenvalue weighted by Gasteiger charge is 2.45. The number of piperidine rings is 1. The van der Waals surface area contributed by atoms with E-state index in [4.69, 9.17) is 4.74 Å². The van der Waals surface area contributed by atoms with Crippen LogP contribution in [0.2, 0.25) is 0 Å². The van der Waals surface area contributed by atoms with E-state index in [2.05, 4.69) is 24.1 Å². The molecule has 0 saturated carbocycles. The Hall–Kier alpha value is -1.99. The van der Waals surface area contributed by atoms with Crippen LogP contribution in [0.5, 0.6) is 0 Å². The molecule has 3 heterocycles. The predicted octanol–water partition coefficient (Wildman–Crippen LogP) is 0.902. The van der Waals surface area contributed by atoms with E-state index < -0.39 is 0 Å². The molecule has 0 radical (unpaired) electrons. The minimum Gasteiger partial charge on any atom is -0.376 e. The zero-order valence-corrected chi connectivity index (χ0v) is 16.4. The van der Waals surface area contributed by atoms with Crippen molar-refractivity contribution < 1.29 is 14.3 Å². The van der Waals surface area contributed by atoms with Crippen molar-refractivity contribution >= 4 is 11.8 Å². The summed E-state index contributed by atoms with van der Waals surface area (Å²) in [6.45, 7) is 6.59. The molecule has 148 valence electrons. The smallest absolute Gasteiger partial charge is 0.236 e. The SMILES string of the molecule is CC(C)N(C)CC(=O)N1C[C@H]2OCC[C@H]2[C@H](C(=O)NCc2ccccn2)C1. The number of carbonyl (C=O) groups excluding carboxylic acids is 2. The molecule has 3 rings (SSSR count). The molecule has 1 N–H and O–H groups in total. The van der Waals surface area contributed by atoms with E-state index in [-0.39, 0.29) is 29.8 Å². The second kappa shape index (κ2) is 8.80. The van der Waals surface area contributed by atoms with Crippen LogP contribution in [0.4, 0.5) is 0 Å². The Labute approximate surface area is 161 Å². The number of fused-ring (bicyclic) bond motifs is 1. The van der Waals surface area contributed by atoms with Crippen LogP contribution in [0, 0.1) is 11.8 Å². The molecule has 0 unspecified atom stereocenters. The van der Waals surface area contributed by atoms with Crippen LogP contribution in [-0.2, 0) is 20.9 Å². The molecule has 3 atom stereocenters. The van der Waals surface area contributed by atoms with Gasteiger partial charge >= 0.3 is 0 Å². The highest BCUT2D eigenvalue weighted by molar-refractivity contribution is 5.82. The molecule has 2 aliphatic heterocycles. The highest BCUT2D eigenvalue weighted by atomic mass is 16.5. The van der Waals surface area contributed by atoms with Gasteiger partial charge in [-0.15, -0.1) is 0 Å². The molecule has 0 spiro atoms. The van der Waals surface area contributed by atoms with Gasteiger partial charge in [0.2, 0.25) is 11.8 Å². The number of rotatable bonds is 6. The molecule has 2 aliphatic rings. The lowest BCUT2D eigenvalue weighted by Crippen LogP contribution is -2.55. The summed E-state index contributed by atoms with van der Waals surface area (Å²) in [5.41, 5.74) is 0.826. The standard InChI is InChI=1S/C20H30N4O3/c1-14(2)23(3)13-19(25)24-11-17(16-7-9-27-18(16)12-24)20(26)22-10-15-6-4-5-8-21-15/h4-6,8,14,16-18H,7,9-13H2,1-3H3,(H,22,26)/t16-,17+,18+/m0/s1. The lowest BCUT2D eigenvalue weighted by molar-refractivity contribution is -0.142. The summed E-state index contributed by atoms with van der Waals surface area (Å²) in [6, 6.07) is 5.94. The van der Waals surface area contributed by atoms with E-state index in [1.54, 1.807) is 11.1 Å². The summed E-state index contributed by atoms with van der Waals surface area (Å²) in [4.78, 5) is 33.7. The maximum Gasteiger partial charge on any atom is 0.236 e. The normalized spacial score (nSPS) is 24.9. The second-order valence-electron chi connectivity index (χ2n) is 7.81. The Morgan fingerprint density at radius 2 is 2.19 bits per heavy atom. The topological polar surface area (TPSA) is 74.8 Å². The van der Waals surface area contributed by atoms with E-state index in [0.29, 0.717) is 38.8 Å². The number of pyridine rings is 1. The maximum absolute atomic E-state index is 12.9. The summed E-state index contributed by atoms with van der Waals surface area (Å²) in [7, 11) is 1.94. The number of aromatic nitrogens is 1. The molecule has 0 aliphatic carbocycles. The van der Waals surface area contributed by atoms with Crippen molar-refractivity contribution in [3.8, 4) is 0 Å². The first-order valence-corrected chi connectivity index (χ1v) is 9.73. The molecule has 2 saturated heterocycles. The van der Waals surface area contributed by atoms with Crippen LogP contribution >= 0.6 is 0 Å². The van der Waals surface area contributed by atoms with Crippen molar-refractivity contribution in [1.82, 2.24) is 20.1 Å². The van der Waals surface area contributed by atoms with Crippen LogP contribution < -0.4 is 5.32 Å². The van der Waals surface area contributed by atoms with Gasteiger partial charge in [-0.3, -0.25) is 19.5 Å². The van der Waals surface area contributed by atoms with Gasteiger partial charge in [0.1, 0.15) is 0 Å². The molecule has 7 heteroatoms. The molecule has 1 aromatic heterocycles. The van der Waals surface area contributed by atoms with Gasteiger partial charge in [-0.2, -0.15) is 0 Å². The van der Waals surface area contributed by atoms with Gasteiger partial charge in [-0.05, 0) is 39.4 Å². The Bertz CT molecular complexity index is 652. The first kappa shape index (κ1) is 19.8. The summed E-state index contributed by atoms with van der Waals surface area (Å²) in [5, 5.41) is 2.99. The van der Waals surface area contributed by atoms with Gasteiger partial charge < -0.3 is 15.0 Å². The van der Waals surface area contributed by atoms with Crippen LogP contribution in [0.15, 0.2) is 24.4 Å². The Morgan fingerprint density at radius 1 is 1.37 bits per heavy atom. The number of nitrogens with zero attached hydrogens (tertiary/aromatic N) is 3. The van der Waals surface area contributed by atoms with Crippen LogP contribution in [0.3, 0.4) is 0 Å². The zero-order valence-electron chi connectivity index (χ0n) is 16.4. The van der Waals surface area contributed by atoms with E-state index in [1.165, 1.54) is 0 Å². The van der Waals surface area contributed by atoms with Crippen molar-refractivity contribution in [2.24, 2.45) is 11.8 Å². The fourth-order valence-corrected chi connectivity index (χ4v) is 3.77. The third kappa shape index (κ3) is 4.84. The summed E-state index contributed by atoms with van der Waals surface area (Å²) >= 11 is 0. The number of nitrogens with one attached hydrogen (secondary N) is 1. The number of hydrogen-bond acceptors (Lipinski definition) is 5. The minimum atomic E-state index is -0.233. The van der Waals surface area contributed by atoms with Crippen molar-refractivity contribution in [2.75, 3.05) is 33.3 Å².